The summed E-state index contributed by atoms with van der Waals surface area (Å²) < 4.78 is 0. The molecule has 1 aliphatic heterocycles. The minimum Gasteiger partial charge on any atom is -0.324 e. The van der Waals surface area contributed by atoms with Crippen LogP contribution in [0.5, 0.6) is 0 Å². The molecule has 1 aromatic rings. The van der Waals surface area contributed by atoms with Gasteiger partial charge in [-0.15, -0.1) is 11.8 Å². The average Bonchev–Trinajstić information content (AvgIpc) is 3.05. The quantitative estimate of drug-likeness (QED) is 0.815. The van der Waals surface area contributed by atoms with Crippen LogP contribution in [-0.2, 0) is 4.79 Å². The van der Waals surface area contributed by atoms with Gasteiger partial charge in [-0.3, -0.25) is 4.79 Å². The molecule has 4 heteroatoms. The zero-order valence-electron chi connectivity index (χ0n) is 11.9. The third-order valence-corrected chi connectivity index (χ3v) is 5.45. The molecule has 1 aliphatic carbocycles. The molecule has 0 aromatic heterocycles. The molecule has 1 unspecified atom stereocenters. The smallest absolute Gasteiger partial charge is 0.246 e. The molecule has 108 valence electrons. The second-order valence-electron chi connectivity index (χ2n) is 5.69. The number of anilines is 1. The molecule has 2 aliphatic rings. The predicted molar refractivity (Wildman–Crippen MR) is 84.2 cm³/mol. The van der Waals surface area contributed by atoms with Gasteiger partial charge in [-0.05, 0) is 37.4 Å². The predicted octanol–water partition coefficient (Wildman–Crippen LogP) is 3.57. The number of nitrogens with one attached hydrogen (secondary N) is 2. The van der Waals surface area contributed by atoms with E-state index in [2.05, 4.69) is 28.8 Å². The number of fused-ring (bicyclic) bond motifs is 1. The van der Waals surface area contributed by atoms with E-state index in [1.54, 1.807) is 0 Å². The van der Waals surface area contributed by atoms with Gasteiger partial charge in [-0.25, -0.2) is 0 Å². The van der Waals surface area contributed by atoms with Crippen LogP contribution in [0.25, 0.3) is 0 Å². The van der Waals surface area contributed by atoms with Crippen LogP contribution in [0.4, 0.5) is 5.69 Å². The second-order valence-corrected chi connectivity index (χ2v) is 6.78. The van der Waals surface area contributed by atoms with E-state index in [4.69, 9.17) is 0 Å². The Hall–Kier alpha value is -1.00. The lowest BCUT2D eigenvalue weighted by Crippen LogP contribution is -2.27. The molecule has 0 spiro atoms. The van der Waals surface area contributed by atoms with E-state index >= 15 is 0 Å². The Balaban J connectivity index is 1.67. The Bertz CT molecular complexity index is 497. The van der Waals surface area contributed by atoms with Crippen LogP contribution in [0, 0.1) is 5.92 Å². The lowest BCUT2D eigenvalue weighted by atomic mass is 10.1. The fraction of sp³-hybridized carbons (Fsp3) is 0.562. The topological polar surface area (TPSA) is 41.1 Å². The van der Waals surface area contributed by atoms with Crippen LogP contribution in [0.2, 0.25) is 0 Å². The molecule has 1 fully saturated rings. The van der Waals surface area contributed by atoms with Gasteiger partial charge in [0.15, 0.2) is 0 Å². The third-order valence-electron chi connectivity index (χ3n) is 4.22. The maximum atomic E-state index is 11.9. The number of rotatable bonds is 5. The lowest BCUT2D eigenvalue weighted by molar-refractivity contribution is -0.117. The molecule has 0 radical (unpaired) electrons. The highest BCUT2D eigenvalue weighted by Gasteiger charge is 2.29. The van der Waals surface area contributed by atoms with Crippen LogP contribution in [0.3, 0.4) is 0 Å². The number of thioether (sulfide) groups is 1. The second kappa shape index (κ2) is 6.19. The minimum atomic E-state index is -0.177. The highest BCUT2D eigenvalue weighted by Crippen LogP contribution is 2.36. The van der Waals surface area contributed by atoms with Gasteiger partial charge in [0.05, 0.1) is 0 Å². The van der Waals surface area contributed by atoms with E-state index in [1.165, 1.54) is 36.3 Å². The highest BCUT2D eigenvalue weighted by molar-refractivity contribution is 7.99. The molecule has 3 nitrogen and oxygen atoms in total. The van der Waals surface area contributed by atoms with Crippen LogP contribution in [0.1, 0.15) is 44.2 Å². The summed E-state index contributed by atoms with van der Waals surface area (Å²) in [6.45, 7) is 2.83. The van der Waals surface area contributed by atoms with Gasteiger partial charge >= 0.3 is 0 Å². The van der Waals surface area contributed by atoms with Crippen molar-refractivity contribution in [1.29, 1.82) is 0 Å². The Morgan fingerprint density at radius 3 is 2.90 bits per heavy atom. The van der Waals surface area contributed by atoms with Crippen LogP contribution < -0.4 is 10.6 Å². The van der Waals surface area contributed by atoms with Crippen molar-refractivity contribution in [1.82, 2.24) is 5.32 Å². The maximum absolute atomic E-state index is 11.9. The summed E-state index contributed by atoms with van der Waals surface area (Å²) in [7, 11) is 0. The fourth-order valence-corrected chi connectivity index (χ4v) is 4.26. The van der Waals surface area contributed by atoms with E-state index < -0.39 is 0 Å². The summed E-state index contributed by atoms with van der Waals surface area (Å²) in [6, 6.07) is 6.20. The van der Waals surface area contributed by atoms with E-state index in [0.717, 1.165) is 23.7 Å². The van der Waals surface area contributed by atoms with Gasteiger partial charge in [-0.1, -0.05) is 25.8 Å². The first-order valence-electron chi connectivity index (χ1n) is 7.59. The number of benzene rings is 1. The van der Waals surface area contributed by atoms with Crippen molar-refractivity contribution >= 4 is 23.4 Å². The van der Waals surface area contributed by atoms with Crippen LogP contribution in [0.15, 0.2) is 23.1 Å². The Morgan fingerprint density at radius 1 is 1.35 bits per heavy atom. The summed E-state index contributed by atoms with van der Waals surface area (Å²) in [5.41, 5.74) is 2.07. The third kappa shape index (κ3) is 2.86. The maximum Gasteiger partial charge on any atom is 0.246 e. The van der Waals surface area contributed by atoms with Crippen molar-refractivity contribution in [3.63, 3.8) is 0 Å². The van der Waals surface area contributed by atoms with Crippen LogP contribution >= 0.6 is 11.8 Å². The monoisotopic (exact) mass is 290 g/mol. The summed E-state index contributed by atoms with van der Waals surface area (Å²) >= 11 is 1.93. The summed E-state index contributed by atoms with van der Waals surface area (Å²) in [6.07, 6.45) is 5.57. The van der Waals surface area contributed by atoms with Gasteiger partial charge in [0.1, 0.15) is 6.04 Å². The molecule has 0 bridgehead atoms. The van der Waals surface area contributed by atoms with E-state index in [9.17, 15) is 4.79 Å². The fourth-order valence-electron chi connectivity index (χ4n) is 3.13. The van der Waals surface area contributed by atoms with Crippen LogP contribution in [-0.4, -0.2) is 18.2 Å². The van der Waals surface area contributed by atoms with Crippen molar-refractivity contribution in [3.05, 3.63) is 23.8 Å². The van der Waals surface area contributed by atoms with Crippen molar-refractivity contribution in [2.75, 3.05) is 17.6 Å². The van der Waals surface area contributed by atoms with Gasteiger partial charge in [-0.2, -0.15) is 0 Å². The van der Waals surface area contributed by atoms with E-state index in [-0.39, 0.29) is 11.9 Å². The minimum absolute atomic E-state index is 0.0693. The van der Waals surface area contributed by atoms with Crippen molar-refractivity contribution in [2.24, 2.45) is 5.92 Å². The van der Waals surface area contributed by atoms with E-state index in [1.807, 2.05) is 18.7 Å². The van der Waals surface area contributed by atoms with Gasteiger partial charge in [0.2, 0.25) is 5.91 Å². The molecule has 1 amide bonds. The summed E-state index contributed by atoms with van der Waals surface area (Å²) in [5.74, 6) is 2.17. The standard InChI is InChI=1S/C16H22N2OS/c1-2-17-15-13-8-7-12(9-14(13)18-16(15)19)20-10-11-5-3-4-6-11/h7-9,11,15,17H,2-6,10H2,1H3,(H,18,19). The number of hydrogen-bond donors (Lipinski definition) is 2. The number of hydrogen-bond acceptors (Lipinski definition) is 3. The highest BCUT2D eigenvalue weighted by atomic mass is 32.2. The first kappa shape index (κ1) is 14.0. The SMILES string of the molecule is CCNC1C(=O)Nc2cc(SCC3CCCC3)ccc21. The van der Waals surface area contributed by atoms with Crippen molar-refractivity contribution in [3.8, 4) is 0 Å². The lowest BCUT2D eigenvalue weighted by Gasteiger charge is -2.11. The van der Waals surface area contributed by atoms with Gasteiger partial charge in [0, 0.05) is 21.9 Å². The first-order valence-corrected chi connectivity index (χ1v) is 8.57. The summed E-state index contributed by atoms with van der Waals surface area (Å²) in [4.78, 5) is 13.2. The molecule has 0 saturated heterocycles. The molecule has 2 N–H and O–H groups in total. The Morgan fingerprint density at radius 2 is 2.15 bits per heavy atom. The normalized spacial score (nSPS) is 22.1. The number of carbonyl (C=O) groups excluding carboxylic acids is 1. The molecule has 1 atom stereocenters. The molecular formula is C16H22N2OS. The number of amides is 1. The first-order chi connectivity index (χ1) is 9.78. The zero-order valence-corrected chi connectivity index (χ0v) is 12.8. The zero-order chi connectivity index (χ0) is 13.9. The molecule has 3 rings (SSSR count). The van der Waals surface area contributed by atoms with Crippen molar-refractivity contribution < 1.29 is 4.79 Å². The largest absolute Gasteiger partial charge is 0.324 e. The molecule has 1 heterocycles. The molecule has 1 aromatic carbocycles. The van der Waals surface area contributed by atoms with Gasteiger partial charge in [0.25, 0.3) is 0 Å². The molecule has 1 saturated carbocycles. The van der Waals surface area contributed by atoms with Crippen molar-refractivity contribution in [2.45, 2.75) is 43.5 Å². The Kier molecular flexibility index (Phi) is 4.32. The molecule has 20 heavy (non-hydrogen) atoms. The van der Waals surface area contributed by atoms with E-state index in [0.29, 0.717) is 0 Å². The molecular weight excluding hydrogens is 268 g/mol. The summed E-state index contributed by atoms with van der Waals surface area (Å²) in [5, 5.41) is 6.21. The average molecular weight is 290 g/mol. The van der Waals surface area contributed by atoms with Gasteiger partial charge < -0.3 is 10.6 Å². The number of carbonyl (C=O) groups is 1. The number of likely N-dealkylation sites (N-methyl/N-ethyl adjacent to an activating group) is 1. The Labute approximate surface area is 124 Å².